The Balaban J connectivity index is 1.69. The lowest BCUT2D eigenvalue weighted by molar-refractivity contribution is 0.0954. The lowest BCUT2D eigenvalue weighted by Crippen LogP contribution is -2.19. The van der Waals surface area contributed by atoms with E-state index in [0.717, 1.165) is 24.0 Å². The average Bonchev–Trinajstić information content (AvgIpc) is 3.07. The standard InChI is InChI=1S/C14H14N2OS2/c17-14(16-15-7-10-5-6-18-8-10)12-9-19-13-4-2-1-3-11(12)13/h5-9H,1-4H2,(H,16,17)/b15-7-. The zero-order valence-electron chi connectivity index (χ0n) is 10.4. The number of nitrogens with one attached hydrogen (secondary N) is 1. The van der Waals surface area contributed by atoms with E-state index in [9.17, 15) is 4.79 Å². The van der Waals surface area contributed by atoms with Crippen LogP contribution < -0.4 is 5.43 Å². The predicted octanol–water partition coefficient (Wildman–Crippen LogP) is 3.45. The van der Waals surface area contributed by atoms with E-state index in [1.165, 1.54) is 23.3 Å². The molecule has 3 nitrogen and oxygen atoms in total. The van der Waals surface area contributed by atoms with Crippen molar-refractivity contribution < 1.29 is 4.79 Å². The van der Waals surface area contributed by atoms with Gasteiger partial charge in [0.2, 0.25) is 0 Å². The minimum Gasteiger partial charge on any atom is -0.267 e. The van der Waals surface area contributed by atoms with Crippen LogP contribution in [0.2, 0.25) is 0 Å². The van der Waals surface area contributed by atoms with Gasteiger partial charge in [0, 0.05) is 15.8 Å². The third-order valence-electron chi connectivity index (χ3n) is 3.23. The molecule has 2 aromatic heterocycles. The van der Waals surface area contributed by atoms with Gasteiger partial charge in [0.1, 0.15) is 0 Å². The summed E-state index contributed by atoms with van der Waals surface area (Å²) in [7, 11) is 0. The molecule has 19 heavy (non-hydrogen) atoms. The van der Waals surface area contributed by atoms with Crippen LogP contribution in [0.4, 0.5) is 0 Å². The van der Waals surface area contributed by atoms with Gasteiger partial charge in [-0.3, -0.25) is 4.79 Å². The molecule has 0 aromatic carbocycles. The van der Waals surface area contributed by atoms with E-state index in [0.29, 0.717) is 0 Å². The van der Waals surface area contributed by atoms with Crippen molar-refractivity contribution >= 4 is 34.8 Å². The van der Waals surface area contributed by atoms with Crippen molar-refractivity contribution in [3.8, 4) is 0 Å². The Morgan fingerprint density at radius 3 is 3.05 bits per heavy atom. The Labute approximate surface area is 120 Å². The third kappa shape index (κ3) is 2.77. The van der Waals surface area contributed by atoms with E-state index < -0.39 is 0 Å². The van der Waals surface area contributed by atoms with Gasteiger partial charge >= 0.3 is 0 Å². The van der Waals surface area contributed by atoms with Crippen molar-refractivity contribution in [2.24, 2.45) is 5.10 Å². The van der Waals surface area contributed by atoms with Crippen LogP contribution in [0.25, 0.3) is 0 Å². The second-order valence-corrected chi connectivity index (χ2v) is 6.26. The van der Waals surface area contributed by atoms with Gasteiger partial charge in [0.25, 0.3) is 5.91 Å². The number of fused-ring (bicyclic) bond motifs is 1. The first-order chi connectivity index (χ1) is 9.34. The summed E-state index contributed by atoms with van der Waals surface area (Å²) in [5, 5.41) is 9.94. The van der Waals surface area contributed by atoms with Gasteiger partial charge in [-0.05, 0) is 48.1 Å². The lowest BCUT2D eigenvalue weighted by atomic mass is 9.96. The fourth-order valence-corrected chi connectivity index (χ4v) is 4.00. The summed E-state index contributed by atoms with van der Waals surface area (Å²) in [5.41, 5.74) is 5.67. The number of hydrogen-bond donors (Lipinski definition) is 1. The Bertz CT molecular complexity index is 599. The highest BCUT2D eigenvalue weighted by Gasteiger charge is 2.19. The maximum Gasteiger partial charge on any atom is 0.272 e. The number of aryl methyl sites for hydroxylation is 1. The van der Waals surface area contributed by atoms with Gasteiger partial charge < -0.3 is 0 Å². The normalized spacial score (nSPS) is 14.5. The van der Waals surface area contributed by atoms with Gasteiger partial charge in [-0.1, -0.05) is 0 Å². The van der Waals surface area contributed by atoms with Crippen molar-refractivity contribution in [3.63, 3.8) is 0 Å². The first-order valence-corrected chi connectivity index (χ1v) is 8.11. The largest absolute Gasteiger partial charge is 0.272 e. The van der Waals surface area contributed by atoms with Crippen molar-refractivity contribution in [2.75, 3.05) is 0 Å². The SMILES string of the molecule is O=C(N/N=C\c1ccsc1)c1csc2c1CCCC2. The second-order valence-electron chi connectivity index (χ2n) is 4.51. The molecule has 1 aliphatic carbocycles. The molecule has 3 rings (SSSR count). The van der Waals surface area contributed by atoms with Crippen LogP contribution in [0, 0.1) is 0 Å². The molecule has 98 valence electrons. The van der Waals surface area contributed by atoms with E-state index in [-0.39, 0.29) is 5.91 Å². The molecular weight excluding hydrogens is 276 g/mol. The maximum absolute atomic E-state index is 12.1. The minimum atomic E-state index is -0.0918. The number of hydrazone groups is 1. The third-order valence-corrected chi connectivity index (χ3v) is 5.02. The van der Waals surface area contributed by atoms with Gasteiger partial charge in [-0.25, -0.2) is 5.43 Å². The molecule has 0 unspecified atom stereocenters. The highest BCUT2D eigenvalue weighted by Crippen LogP contribution is 2.30. The summed E-state index contributed by atoms with van der Waals surface area (Å²) >= 11 is 3.31. The summed E-state index contributed by atoms with van der Waals surface area (Å²) in [6, 6.07) is 1.97. The van der Waals surface area contributed by atoms with E-state index in [1.807, 2.05) is 22.2 Å². The van der Waals surface area contributed by atoms with Crippen molar-refractivity contribution in [1.82, 2.24) is 5.43 Å². The molecule has 0 radical (unpaired) electrons. The predicted molar refractivity (Wildman–Crippen MR) is 80.3 cm³/mol. The van der Waals surface area contributed by atoms with Crippen LogP contribution in [-0.4, -0.2) is 12.1 Å². The zero-order chi connectivity index (χ0) is 13.1. The Hall–Kier alpha value is -1.46. The number of carbonyl (C=O) groups excluding carboxylic acids is 1. The molecule has 1 aliphatic rings. The molecule has 0 aliphatic heterocycles. The Morgan fingerprint density at radius 2 is 2.21 bits per heavy atom. The molecule has 1 amide bonds. The monoisotopic (exact) mass is 290 g/mol. The summed E-state index contributed by atoms with van der Waals surface area (Å²) in [6.07, 6.45) is 6.24. The number of rotatable bonds is 3. The van der Waals surface area contributed by atoms with E-state index in [2.05, 4.69) is 10.5 Å². The minimum absolute atomic E-state index is 0.0918. The summed E-state index contributed by atoms with van der Waals surface area (Å²) < 4.78 is 0. The van der Waals surface area contributed by atoms with Gasteiger partial charge in [-0.2, -0.15) is 16.4 Å². The smallest absolute Gasteiger partial charge is 0.267 e. The quantitative estimate of drug-likeness (QED) is 0.682. The van der Waals surface area contributed by atoms with Crippen LogP contribution in [-0.2, 0) is 12.8 Å². The van der Waals surface area contributed by atoms with E-state index in [1.54, 1.807) is 28.9 Å². The Kier molecular flexibility index (Phi) is 3.75. The molecule has 0 saturated carbocycles. The fraction of sp³-hybridized carbons (Fsp3) is 0.286. The fourth-order valence-electron chi connectivity index (χ4n) is 2.26. The number of carbonyl (C=O) groups is 1. The first kappa shape index (κ1) is 12.6. The van der Waals surface area contributed by atoms with Crippen LogP contribution in [0.1, 0.15) is 39.2 Å². The number of amides is 1. The molecule has 2 aromatic rings. The van der Waals surface area contributed by atoms with Gasteiger partial charge in [0.15, 0.2) is 0 Å². The maximum atomic E-state index is 12.1. The summed E-state index contributed by atoms with van der Waals surface area (Å²) in [5.74, 6) is -0.0918. The van der Waals surface area contributed by atoms with Crippen LogP contribution in [0.5, 0.6) is 0 Å². The van der Waals surface area contributed by atoms with Crippen molar-refractivity contribution in [1.29, 1.82) is 0 Å². The first-order valence-electron chi connectivity index (χ1n) is 6.29. The molecule has 5 heteroatoms. The van der Waals surface area contributed by atoms with Crippen LogP contribution in [0.15, 0.2) is 27.3 Å². The molecule has 2 heterocycles. The highest BCUT2D eigenvalue weighted by atomic mass is 32.1. The summed E-state index contributed by atoms with van der Waals surface area (Å²) in [6.45, 7) is 0. The topological polar surface area (TPSA) is 41.5 Å². The average molecular weight is 290 g/mol. The van der Waals surface area contributed by atoms with Gasteiger partial charge in [0.05, 0.1) is 11.8 Å². The zero-order valence-corrected chi connectivity index (χ0v) is 12.0. The number of thiophene rings is 2. The van der Waals surface area contributed by atoms with Crippen molar-refractivity contribution in [2.45, 2.75) is 25.7 Å². The van der Waals surface area contributed by atoms with E-state index >= 15 is 0 Å². The van der Waals surface area contributed by atoms with Crippen LogP contribution >= 0.6 is 22.7 Å². The number of nitrogens with zero attached hydrogens (tertiary/aromatic N) is 1. The molecule has 0 bridgehead atoms. The molecule has 1 N–H and O–H groups in total. The van der Waals surface area contributed by atoms with E-state index in [4.69, 9.17) is 0 Å². The van der Waals surface area contributed by atoms with Crippen LogP contribution in [0.3, 0.4) is 0 Å². The number of hydrogen-bond acceptors (Lipinski definition) is 4. The second kappa shape index (κ2) is 5.67. The van der Waals surface area contributed by atoms with Gasteiger partial charge in [-0.15, -0.1) is 11.3 Å². The molecule has 0 fully saturated rings. The molecular formula is C14H14N2OS2. The molecule has 0 saturated heterocycles. The highest BCUT2D eigenvalue weighted by molar-refractivity contribution is 7.10. The van der Waals surface area contributed by atoms with Crippen molar-refractivity contribution in [3.05, 3.63) is 43.8 Å². The molecule has 0 spiro atoms. The summed E-state index contributed by atoms with van der Waals surface area (Å²) in [4.78, 5) is 13.5. The Morgan fingerprint density at radius 1 is 1.32 bits per heavy atom. The molecule has 0 atom stereocenters. The lowest BCUT2D eigenvalue weighted by Gasteiger charge is -2.11.